The molecule has 0 spiro atoms. The summed E-state index contributed by atoms with van der Waals surface area (Å²) in [7, 11) is 1.51. The van der Waals surface area contributed by atoms with Gasteiger partial charge in [0.25, 0.3) is 11.8 Å². The molecule has 3 amide bonds. The van der Waals surface area contributed by atoms with Crippen molar-refractivity contribution >= 4 is 39.3 Å². The number of methoxy groups -OCH3 is 1. The lowest BCUT2D eigenvalue weighted by Gasteiger charge is -2.27. The molecule has 7 nitrogen and oxygen atoms in total. The Kier molecular flexibility index (Phi) is 5.90. The van der Waals surface area contributed by atoms with Gasteiger partial charge in [-0.15, -0.1) is 0 Å². The van der Waals surface area contributed by atoms with E-state index in [1.807, 2.05) is 0 Å². The van der Waals surface area contributed by atoms with Gasteiger partial charge in [-0.05, 0) is 54.6 Å². The molecular weight excluding hydrogens is 464 g/mol. The number of carbonyl (C=O) groups is 3. The number of hydrogen-bond acceptors (Lipinski definition) is 5. The van der Waals surface area contributed by atoms with Crippen molar-refractivity contribution in [2.24, 2.45) is 0 Å². The number of rotatable bonds is 6. The Morgan fingerprint density at radius 2 is 1.94 bits per heavy atom. The van der Waals surface area contributed by atoms with E-state index in [0.717, 1.165) is 9.37 Å². The van der Waals surface area contributed by atoms with E-state index in [1.165, 1.54) is 18.3 Å². The zero-order chi connectivity index (χ0) is 22.0. The summed E-state index contributed by atoms with van der Waals surface area (Å²) in [6.07, 6.45) is 1.39. The summed E-state index contributed by atoms with van der Waals surface area (Å²) in [6.45, 7) is 0.0565. The lowest BCUT2D eigenvalue weighted by atomic mass is 10.1. The maximum absolute atomic E-state index is 13.4. The summed E-state index contributed by atoms with van der Waals surface area (Å²) in [5, 5.41) is 0. The number of nitrogens with zero attached hydrogens (tertiary/aromatic N) is 2. The first kappa shape index (κ1) is 20.9. The molecule has 0 aliphatic carbocycles. The monoisotopic (exact) mass is 482 g/mol. The molecule has 4 rings (SSSR count). The molecule has 1 aromatic heterocycles. The van der Waals surface area contributed by atoms with E-state index >= 15 is 0 Å². The molecule has 0 radical (unpaired) electrons. The minimum atomic E-state index is -0.944. The van der Waals surface area contributed by atoms with Crippen LogP contribution in [0.2, 0.25) is 0 Å². The second kappa shape index (κ2) is 8.77. The third-order valence-corrected chi connectivity index (χ3v) is 5.60. The number of carbonyl (C=O) groups excluding carboxylic acids is 3. The van der Waals surface area contributed by atoms with Crippen LogP contribution in [0.15, 0.2) is 75.8 Å². The number of hydrogen-bond donors (Lipinski definition) is 0. The van der Waals surface area contributed by atoms with Gasteiger partial charge >= 0.3 is 0 Å². The SMILES string of the molecule is COc1cccc(C(=O)N(Cc2ccco2)C2CC(=O)N(c3ccc(Br)cc3)C2=O)c1. The van der Waals surface area contributed by atoms with Gasteiger partial charge in [0.1, 0.15) is 17.6 Å². The molecular formula is C23H19BrN2O5. The van der Waals surface area contributed by atoms with Crippen molar-refractivity contribution in [1.29, 1.82) is 0 Å². The molecule has 1 aliphatic rings. The van der Waals surface area contributed by atoms with Gasteiger partial charge in [0.15, 0.2) is 0 Å². The molecule has 1 aliphatic heterocycles. The molecule has 1 fully saturated rings. The van der Waals surface area contributed by atoms with Gasteiger partial charge in [-0.25, -0.2) is 4.90 Å². The molecule has 0 saturated carbocycles. The number of amides is 3. The second-order valence-electron chi connectivity index (χ2n) is 7.01. The summed E-state index contributed by atoms with van der Waals surface area (Å²) in [4.78, 5) is 42.0. The minimum absolute atomic E-state index is 0.0565. The third-order valence-electron chi connectivity index (χ3n) is 5.07. The Hall–Kier alpha value is -3.39. The molecule has 3 aromatic rings. The summed E-state index contributed by atoms with van der Waals surface area (Å²) in [6, 6.07) is 16.0. The van der Waals surface area contributed by atoms with E-state index in [0.29, 0.717) is 22.8 Å². The second-order valence-corrected chi connectivity index (χ2v) is 7.92. The van der Waals surface area contributed by atoms with Crippen molar-refractivity contribution in [3.63, 3.8) is 0 Å². The van der Waals surface area contributed by atoms with Gasteiger partial charge < -0.3 is 14.1 Å². The van der Waals surface area contributed by atoms with E-state index in [4.69, 9.17) is 9.15 Å². The largest absolute Gasteiger partial charge is 0.497 e. The molecule has 8 heteroatoms. The lowest BCUT2D eigenvalue weighted by Crippen LogP contribution is -2.45. The van der Waals surface area contributed by atoms with E-state index in [1.54, 1.807) is 60.7 Å². The fourth-order valence-electron chi connectivity index (χ4n) is 3.54. The van der Waals surface area contributed by atoms with E-state index in [-0.39, 0.29) is 24.8 Å². The summed E-state index contributed by atoms with van der Waals surface area (Å²) in [5.41, 5.74) is 0.820. The van der Waals surface area contributed by atoms with Crippen molar-refractivity contribution in [2.75, 3.05) is 12.0 Å². The highest BCUT2D eigenvalue weighted by Gasteiger charge is 2.44. The van der Waals surface area contributed by atoms with Crippen LogP contribution >= 0.6 is 15.9 Å². The van der Waals surface area contributed by atoms with Crippen LogP contribution in [0.3, 0.4) is 0 Å². The van der Waals surface area contributed by atoms with Gasteiger partial charge in [-0.2, -0.15) is 0 Å². The Balaban J connectivity index is 1.68. The number of anilines is 1. The fourth-order valence-corrected chi connectivity index (χ4v) is 3.80. The topological polar surface area (TPSA) is 80.1 Å². The third kappa shape index (κ3) is 4.25. The fraction of sp³-hybridized carbons (Fsp3) is 0.174. The molecule has 1 atom stereocenters. The number of ether oxygens (including phenoxy) is 1. The summed E-state index contributed by atoms with van der Waals surface area (Å²) in [5.74, 6) is -0.165. The van der Waals surface area contributed by atoms with Crippen molar-refractivity contribution < 1.29 is 23.5 Å². The van der Waals surface area contributed by atoms with Crippen LogP contribution in [0.1, 0.15) is 22.5 Å². The molecule has 1 unspecified atom stereocenters. The van der Waals surface area contributed by atoms with Crippen molar-refractivity contribution in [3.8, 4) is 5.75 Å². The van der Waals surface area contributed by atoms with Crippen LogP contribution in [-0.2, 0) is 16.1 Å². The highest BCUT2D eigenvalue weighted by Crippen LogP contribution is 2.29. The first-order chi connectivity index (χ1) is 15.0. The van der Waals surface area contributed by atoms with Crippen LogP contribution in [0.4, 0.5) is 5.69 Å². The maximum Gasteiger partial charge on any atom is 0.257 e. The zero-order valence-electron chi connectivity index (χ0n) is 16.7. The van der Waals surface area contributed by atoms with Crippen LogP contribution in [0.25, 0.3) is 0 Å². The first-order valence-corrected chi connectivity index (χ1v) is 10.4. The minimum Gasteiger partial charge on any atom is -0.497 e. The molecule has 0 bridgehead atoms. The van der Waals surface area contributed by atoms with Gasteiger partial charge in [-0.3, -0.25) is 14.4 Å². The smallest absolute Gasteiger partial charge is 0.257 e. The van der Waals surface area contributed by atoms with Crippen LogP contribution in [0.5, 0.6) is 5.75 Å². The van der Waals surface area contributed by atoms with Crippen LogP contribution in [0, 0.1) is 0 Å². The summed E-state index contributed by atoms with van der Waals surface area (Å²) < 4.78 is 11.5. The molecule has 0 N–H and O–H groups in total. The highest BCUT2D eigenvalue weighted by atomic mass is 79.9. The van der Waals surface area contributed by atoms with Gasteiger partial charge in [0, 0.05) is 10.0 Å². The number of imide groups is 1. The quantitative estimate of drug-likeness (QED) is 0.495. The lowest BCUT2D eigenvalue weighted by molar-refractivity contribution is -0.122. The molecule has 2 aromatic carbocycles. The number of furan rings is 1. The molecule has 158 valence electrons. The highest BCUT2D eigenvalue weighted by molar-refractivity contribution is 9.10. The van der Waals surface area contributed by atoms with Gasteiger partial charge in [0.05, 0.1) is 32.0 Å². The van der Waals surface area contributed by atoms with E-state index < -0.39 is 11.9 Å². The van der Waals surface area contributed by atoms with E-state index in [9.17, 15) is 14.4 Å². The Bertz CT molecular complexity index is 1110. The van der Waals surface area contributed by atoms with Gasteiger partial charge in [0.2, 0.25) is 5.91 Å². The summed E-state index contributed by atoms with van der Waals surface area (Å²) >= 11 is 3.35. The molecule has 2 heterocycles. The average Bonchev–Trinajstić information content (AvgIpc) is 3.40. The molecule has 1 saturated heterocycles. The van der Waals surface area contributed by atoms with Crippen molar-refractivity contribution in [1.82, 2.24) is 4.90 Å². The maximum atomic E-state index is 13.4. The first-order valence-electron chi connectivity index (χ1n) is 9.57. The van der Waals surface area contributed by atoms with Crippen LogP contribution in [-0.4, -0.2) is 35.8 Å². The van der Waals surface area contributed by atoms with E-state index in [2.05, 4.69) is 15.9 Å². The zero-order valence-corrected chi connectivity index (χ0v) is 18.2. The van der Waals surface area contributed by atoms with Crippen LogP contribution < -0.4 is 9.64 Å². The Labute approximate surface area is 187 Å². The molecule has 31 heavy (non-hydrogen) atoms. The van der Waals surface area contributed by atoms with Crippen molar-refractivity contribution in [2.45, 2.75) is 19.0 Å². The number of benzene rings is 2. The predicted molar refractivity (Wildman–Crippen MR) is 117 cm³/mol. The standard InChI is InChI=1S/C23H19BrN2O5/c1-30-18-5-2-4-15(12-18)22(28)25(14-19-6-3-11-31-19)20-13-21(27)26(23(20)29)17-9-7-16(24)8-10-17/h2-12,20H,13-14H2,1H3. The Morgan fingerprint density at radius 3 is 2.61 bits per heavy atom. The number of halogens is 1. The Morgan fingerprint density at radius 1 is 1.16 bits per heavy atom. The normalized spacial score (nSPS) is 15.9. The average molecular weight is 483 g/mol. The van der Waals surface area contributed by atoms with Crippen molar-refractivity contribution in [3.05, 3.63) is 82.7 Å². The van der Waals surface area contributed by atoms with Gasteiger partial charge in [-0.1, -0.05) is 22.0 Å². The predicted octanol–water partition coefficient (Wildman–Crippen LogP) is 4.03.